The summed E-state index contributed by atoms with van der Waals surface area (Å²) in [6.45, 7) is 4.27. The minimum atomic E-state index is -0.482. The molecule has 1 amide bonds. The number of hydrogen-bond donors (Lipinski definition) is 2. The summed E-state index contributed by atoms with van der Waals surface area (Å²) in [6, 6.07) is 18.0. The van der Waals surface area contributed by atoms with Crippen LogP contribution in [0.25, 0.3) is 0 Å². The zero-order valence-corrected chi connectivity index (χ0v) is 18.8. The van der Waals surface area contributed by atoms with E-state index in [0.29, 0.717) is 12.3 Å². The molecule has 0 fully saturated rings. The third-order valence-electron chi connectivity index (χ3n) is 3.93. The molecule has 2 aromatic rings. The van der Waals surface area contributed by atoms with Crippen LogP contribution in [0.4, 0.5) is 0 Å². The molecule has 0 aliphatic rings. The van der Waals surface area contributed by atoms with E-state index in [2.05, 4.69) is 29.3 Å². The molecule has 28 heavy (non-hydrogen) atoms. The van der Waals surface area contributed by atoms with Crippen molar-refractivity contribution in [1.29, 1.82) is 0 Å². The van der Waals surface area contributed by atoms with Gasteiger partial charge in [0.25, 0.3) is 5.91 Å². The summed E-state index contributed by atoms with van der Waals surface area (Å²) < 4.78 is 5.27. The van der Waals surface area contributed by atoms with Gasteiger partial charge in [-0.1, -0.05) is 42.5 Å². The van der Waals surface area contributed by atoms with E-state index < -0.39 is 5.91 Å². The van der Waals surface area contributed by atoms with Gasteiger partial charge in [-0.05, 0) is 36.6 Å². The van der Waals surface area contributed by atoms with Gasteiger partial charge < -0.3 is 20.7 Å². The summed E-state index contributed by atoms with van der Waals surface area (Å²) in [5, 5.41) is 3.34. The highest BCUT2D eigenvalue weighted by atomic mass is 127. The van der Waals surface area contributed by atoms with Gasteiger partial charge in [0, 0.05) is 26.7 Å². The van der Waals surface area contributed by atoms with E-state index in [1.165, 1.54) is 5.56 Å². The monoisotopic (exact) mass is 496 g/mol. The van der Waals surface area contributed by atoms with E-state index in [0.717, 1.165) is 31.0 Å². The normalized spacial score (nSPS) is 10.7. The SMILES string of the molecule is CCNC(=NCCc1ccc(OCC(N)=O)cc1)N(C)Cc1ccccc1.I. The number of halogens is 1. The number of ether oxygens (including phenoxy) is 1. The zero-order chi connectivity index (χ0) is 19.5. The second-order valence-corrected chi connectivity index (χ2v) is 6.23. The fourth-order valence-corrected chi connectivity index (χ4v) is 2.60. The summed E-state index contributed by atoms with van der Waals surface area (Å²) >= 11 is 0. The highest BCUT2D eigenvalue weighted by Crippen LogP contribution is 2.12. The van der Waals surface area contributed by atoms with Crippen LogP contribution >= 0.6 is 24.0 Å². The third-order valence-corrected chi connectivity index (χ3v) is 3.93. The third kappa shape index (κ3) is 8.60. The summed E-state index contributed by atoms with van der Waals surface area (Å²) in [5.74, 6) is 1.05. The Kier molecular flexibility index (Phi) is 11.0. The molecular formula is C21H29IN4O2. The van der Waals surface area contributed by atoms with Gasteiger partial charge in [-0.15, -0.1) is 24.0 Å². The fraction of sp³-hybridized carbons (Fsp3) is 0.333. The number of nitrogens with one attached hydrogen (secondary N) is 1. The van der Waals surface area contributed by atoms with Crippen molar-refractivity contribution in [3.8, 4) is 5.75 Å². The van der Waals surface area contributed by atoms with E-state index >= 15 is 0 Å². The Hall–Kier alpha value is -2.29. The molecule has 0 aromatic heterocycles. The first kappa shape index (κ1) is 23.7. The van der Waals surface area contributed by atoms with Crippen molar-refractivity contribution < 1.29 is 9.53 Å². The van der Waals surface area contributed by atoms with Gasteiger partial charge in [-0.25, -0.2) is 0 Å². The Morgan fingerprint density at radius 3 is 2.39 bits per heavy atom. The first-order chi connectivity index (χ1) is 13.1. The second kappa shape index (κ2) is 13.0. The minimum Gasteiger partial charge on any atom is -0.484 e. The number of amides is 1. The molecule has 0 saturated carbocycles. The van der Waals surface area contributed by atoms with E-state index in [-0.39, 0.29) is 30.6 Å². The number of nitrogens with zero attached hydrogens (tertiary/aromatic N) is 2. The molecule has 7 heteroatoms. The number of rotatable bonds is 9. The second-order valence-electron chi connectivity index (χ2n) is 6.23. The maximum Gasteiger partial charge on any atom is 0.255 e. The molecule has 2 aromatic carbocycles. The van der Waals surface area contributed by atoms with Crippen molar-refractivity contribution in [2.24, 2.45) is 10.7 Å². The van der Waals surface area contributed by atoms with Crippen LogP contribution in [0, 0.1) is 0 Å². The molecule has 6 nitrogen and oxygen atoms in total. The topological polar surface area (TPSA) is 80.0 Å². The van der Waals surface area contributed by atoms with Crippen molar-refractivity contribution >= 4 is 35.8 Å². The molecule has 0 aliphatic heterocycles. The summed E-state index contributed by atoms with van der Waals surface area (Å²) in [6.07, 6.45) is 0.824. The maximum atomic E-state index is 10.7. The van der Waals surface area contributed by atoms with Crippen molar-refractivity contribution in [3.05, 3.63) is 65.7 Å². The molecule has 0 unspecified atom stereocenters. The number of carbonyl (C=O) groups excluding carboxylic acids is 1. The van der Waals surface area contributed by atoms with Crippen LogP contribution in [0.15, 0.2) is 59.6 Å². The molecule has 3 N–H and O–H groups in total. The lowest BCUT2D eigenvalue weighted by atomic mass is 10.1. The minimum absolute atomic E-state index is 0. The Balaban J connectivity index is 0.00000392. The molecule has 0 atom stereocenters. The smallest absolute Gasteiger partial charge is 0.255 e. The average Bonchev–Trinajstić information content (AvgIpc) is 2.67. The van der Waals surface area contributed by atoms with Gasteiger partial charge in [0.05, 0.1) is 0 Å². The number of aliphatic imine (C=N–C) groups is 1. The zero-order valence-electron chi connectivity index (χ0n) is 16.4. The number of benzene rings is 2. The van der Waals surface area contributed by atoms with Crippen molar-refractivity contribution in [3.63, 3.8) is 0 Å². The van der Waals surface area contributed by atoms with Gasteiger partial charge in [0.15, 0.2) is 12.6 Å². The summed E-state index contributed by atoms with van der Waals surface area (Å²) in [7, 11) is 2.04. The van der Waals surface area contributed by atoms with Crippen LogP contribution in [0.2, 0.25) is 0 Å². The number of primary amides is 1. The lowest BCUT2D eigenvalue weighted by molar-refractivity contribution is -0.119. The average molecular weight is 496 g/mol. The van der Waals surface area contributed by atoms with Crippen LogP contribution in [0.1, 0.15) is 18.1 Å². The van der Waals surface area contributed by atoms with Crippen LogP contribution in [0.3, 0.4) is 0 Å². The lowest BCUT2D eigenvalue weighted by Crippen LogP contribution is -2.38. The van der Waals surface area contributed by atoms with Gasteiger partial charge >= 0.3 is 0 Å². The molecule has 0 bridgehead atoms. The Morgan fingerprint density at radius 1 is 1.11 bits per heavy atom. The van der Waals surface area contributed by atoms with E-state index in [1.807, 2.05) is 49.5 Å². The van der Waals surface area contributed by atoms with Crippen molar-refractivity contribution in [1.82, 2.24) is 10.2 Å². The van der Waals surface area contributed by atoms with Crippen LogP contribution in [-0.4, -0.2) is 43.5 Å². The summed E-state index contributed by atoms with van der Waals surface area (Å²) in [4.78, 5) is 17.6. The fourth-order valence-electron chi connectivity index (χ4n) is 2.60. The largest absolute Gasteiger partial charge is 0.484 e. The van der Waals surface area contributed by atoms with Crippen LogP contribution < -0.4 is 15.8 Å². The highest BCUT2D eigenvalue weighted by Gasteiger charge is 2.06. The molecule has 0 saturated heterocycles. The van der Waals surface area contributed by atoms with Gasteiger partial charge in [0.2, 0.25) is 0 Å². The Bertz CT molecular complexity index is 736. The number of carbonyl (C=O) groups is 1. The quantitative estimate of drug-likeness (QED) is 0.318. The van der Waals surface area contributed by atoms with E-state index in [4.69, 9.17) is 15.5 Å². The predicted octanol–water partition coefficient (Wildman–Crippen LogP) is 2.81. The van der Waals surface area contributed by atoms with Gasteiger partial charge in [-0.2, -0.15) is 0 Å². The first-order valence-electron chi connectivity index (χ1n) is 9.12. The van der Waals surface area contributed by atoms with Gasteiger partial charge in [-0.3, -0.25) is 9.79 Å². The Labute approximate surface area is 184 Å². The van der Waals surface area contributed by atoms with Gasteiger partial charge in [0.1, 0.15) is 5.75 Å². The van der Waals surface area contributed by atoms with Crippen LogP contribution in [0.5, 0.6) is 5.75 Å². The van der Waals surface area contributed by atoms with E-state index in [9.17, 15) is 4.79 Å². The molecule has 0 aliphatic carbocycles. The van der Waals surface area contributed by atoms with Crippen molar-refractivity contribution in [2.45, 2.75) is 19.9 Å². The van der Waals surface area contributed by atoms with E-state index in [1.54, 1.807) is 0 Å². The molecule has 0 heterocycles. The number of nitrogens with two attached hydrogens (primary N) is 1. The summed E-state index contributed by atoms with van der Waals surface area (Å²) in [5.41, 5.74) is 7.48. The molecule has 2 rings (SSSR count). The molecule has 152 valence electrons. The molecule has 0 radical (unpaired) electrons. The molecular weight excluding hydrogens is 467 g/mol. The highest BCUT2D eigenvalue weighted by molar-refractivity contribution is 14.0. The standard InChI is InChI=1S/C21H28N4O2.HI/c1-3-23-21(25(2)15-18-7-5-4-6-8-18)24-14-13-17-9-11-19(12-10-17)27-16-20(22)26;/h4-12H,3,13-16H2,1-2H3,(H2,22,26)(H,23,24);1H. The molecule has 0 spiro atoms. The number of guanidine groups is 1. The Morgan fingerprint density at radius 2 is 1.79 bits per heavy atom. The maximum absolute atomic E-state index is 10.7. The predicted molar refractivity (Wildman–Crippen MR) is 124 cm³/mol. The van der Waals surface area contributed by atoms with Crippen LogP contribution in [-0.2, 0) is 17.8 Å². The first-order valence-corrected chi connectivity index (χ1v) is 9.12. The van der Waals surface area contributed by atoms with Crippen molar-refractivity contribution in [2.75, 3.05) is 26.7 Å². The lowest BCUT2D eigenvalue weighted by Gasteiger charge is -2.22. The number of hydrogen-bond acceptors (Lipinski definition) is 3.